The summed E-state index contributed by atoms with van der Waals surface area (Å²) < 4.78 is 103. The van der Waals surface area contributed by atoms with Gasteiger partial charge in [0.1, 0.15) is 11.5 Å². The van der Waals surface area contributed by atoms with Crippen LogP contribution in [0.1, 0.15) is 36.8 Å². The van der Waals surface area contributed by atoms with E-state index in [1.165, 1.54) is 0 Å². The molecule has 1 fully saturated rings. The molecule has 2 aromatic rings. The van der Waals surface area contributed by atoms with Crippen LogP contribution in [0, 0.1) is 0 Å². The van der Waals surface area contributed by atoms with Crippen molar-refractivity contribution < 1.29 is 72.2 Å². The van der Waals surface area contributed by atoms with Crippen LogP contribution in [0.5, 0.6) is 11.5 Å². The summed E-state index contributed by atoms with van der Waals surface area (Å²) in [7, 11) is 0. The van der Waals surface area contributed by atoms with Crippen LogP contribution in [0.25, 0.3) is 0 Å². The van der Waals surface area contributed by atoms with E-state index >= 15 is 0 Å². The van der Waals surface area contributed by atoms with Gasteiger partial charge in [-0.15, -0.1) is 0 Å². The predicted octanol–water partition coefficient (Wildman–Crippen LogP) is 5.72. The summed E-state index contributed by atoms with van der Waals surface area (Å²) in [6, 6.07) is 14.6. The zero-order valence-corrected chi connectivity index (χ0v) is 21.0. The van der Waals surface area contributed by atoms with Crippen molar-refractivity contribution in [2.75, 3.05) is 0 Å². The van der Waals surface area contributed by atoms with Gasteiger partial charge in [0.25, 0.3) is 0 Å². The Hall–Kier alpha value is -2.76. The van der Waals surface area contributed by atoms with Crippen molar-refractivity contribution in [3.63, 3.8) is 0 Å². The number of nitrogens with zero attached hydrogens (tertiary/aromatic N) is 2. The fourth-order valence-corrected chi connectivity index (χ4v) is 3.48. The summed E-state index contributed by atoms with van der Waals surface area (Å²) >= 11 is 0. The first-order valence-corrected chi connectivity index (χ1v) is 11.0. The van der Waals surface area contributed by atoms with Crippen molar-refractivity contribution in [1.29, 1.82) is 0 Å². The predicted molar refractivity (Wildman–Crippen MR) is 118 cm³/mol. The molecule has 0 aliphatic heterocycles. The number of hydrogen-bond donors (Lipinski definition) is 2. The maximum Gasteiger partial charge on any atom is 0.436 e. The number of halogens is 9. The van der Waals surface area contributed by atoms with Gasteiger partial charge in [0.15, 0.2) is 0 Å². The molecule has 0 saturated heterocycles. The summed E-state index contributed by atoms with van der Waals surface area (Å²) in [5, 5.41) is 29.0. The Morgan fingerprint density at radius 3 is 1.26 bits per heavy atom. The van der Waals surface area contributed by atoms with Crippen LogP contribution in [-0.4, -0.2) is 58.9 Å². The van der Waals surface area contributed by atoms with Crippen LogP contribution >= 0.6 is 0 Å². The van der Waals surface area contributed by atoms with Gasteiger partial charge < -0.3 is 15.3 Å². The molecule has 1 aliphatic rings. The van der Waals surface area contributed by atoms with Gasteiger partial charge in [-0.25, -0.2) is 13.2 Å². The number of phenols is 2. The second kappa shape index (κ2) is 13.5. The fourth-order valence-electron chi connectivity index (χ4n) is 3.48. The van der Waals surface area contributed by atoms with E-state index in [4.69, 9.17) is 0 Å². The third-order valence-electron chi connectivity index (χ3n) is 5.56. The largest absolute Gasteiger partial charge is 0.795 e. The molecule has 1 aliphatic carbocycles. The topological polar surface area (TPSA) is 88.2 Å². The second-order valence-corrected chi connectivity index (χ2v) is 8.26. The first kappa shape index (κ1) is 34.3. The number of rotatable bonds is 5. The maximum atomic E-state index is 12.0. The molecule has 0 spiro atoms. The van der Waals surface area contributed by atoms with Gasteiger partial charge in [0.05, 0.1) is 12.1 Å². The molecule has 2 atom stereocenters. The first-order chi connectivity index (χ1) is 17.5. The Bertz CT molecular complexity index is 1020. The van der Waals surface area contributed by atoms with E-state index in [1.807, 2.05) is 24.3 Å². The van der Waals surface area contributed by atoms with Crippen LogP contribution in [0.2, 0.25) is 0 Å². The first-order valence-electron chi connectivity index (χ1n) is 11.0. The van der Waals surface area contributed by atoms with E-state index in [2.05, 4.69) is 9.98 Å². The molecule has 0 amide bonds. The van der Waals surface area contributed by atoms with Gasteiger partial charge in [-0.2, -0.15) is 26.3 Å². The monoisotopic (exact) mass is 609 g/mol. The summed E-state index contributed by atoms with van der Waals surface area (Å²) in [4.78, 5) is 9.34. The SMILES string of the molecule is Oc1ccccc1C=N[C@@H]1CCCC[C@H]1N=Cc1ccccc1O.[Cr].[O-]C(F)(F)C(F)(C(F)(F)F)C(F)(F)F. The second-order valence-electron chi connectivity index (χ2n) is 8.26. The number of benzene rings is 2. The molecule has 216 valence electrons. The summed E-state index contributed by atoms with van der Waals surface area (Å²) in [6.45, 7) is 0. The molecule has 2 N–H and O–H groups in total. The smallest absolute Gasteiger partial charge is 0.436 e. The van der Waals surface area contributed by atoms with E-state index in [1.54, 1.807) is 36.7 Å². The number of aliphatic imine (C=N–C) groups is 2. The molecular weight excluding hydrogens is 587 g/mol. The van der Waals surface area contributed by atoms with Gasteiger partial charge in [-0.1, -0.05) is 37.1 Å². The number of alkyl halides is 9. The van der Waals surface area contributed by atoms with E-state index in [-0.39, 0.29) is 40.9 Å². The summed E-state index contributed by atoms with van der Waals surface area (Å²) in [5.41, 5.74) is -5.62. The molecule has 39 heavy (non-hydrogen) atoms. The molecule has 1 saturated carbocycles. The minimum Gasteiger partial charge on any atom is -0.795 e. The van der Waals surface area contributed by atoms with Gasteiger partial charge in [-0.3, -0.25) is 9.98 Å². The van der Waals surface area contributed by atoms with E-state index in [9.17, 15) is 54.8 Å². The average molecular weight is 609 g/mol. The minimum atomic E-state index is -7.08. The normalized spacial score (nSPS) is 18.9. The van der Waals surface area contributed by atoms with Crippen molar-refractivity contribution >= 4 is 12.4 Å². The number of phenolic OH excluding ortho intramolecular Hbond substituents is 2. The Labute approximate surface area is 227 Å². The van der Waals surface area contributed by atoms with Gasteiger partial charge in [0.2, 0.25) is 6.11 Å². The van der Waals surface area contributed by atoms with Crippen LogP contribution in [0.15, 0.2) is 58.5 Å². The minimum absolute atomic E-state index is 0. The molecule has 3 rings (SSSR count). The molecule has 0 bridgehead atoms. The molecule has 0 unspecified atom stereocenters. The average Bonchev–Trinajstić information content (AvgIpc) is 2.81. The Morgan fingerprint density at radius 2 is 1.00 bits per heavy atom. The van der Waals surface area contributed by atoms with Gasteiger partial charge in [-0.05, 0) is 37.1 Å². The van der Waals surface area contributed by atoms with E-state index in [0.29, 0.717) is 0 Å². The van der Waals surface area contributed by atoms with Crippen molar-refractivity contribution in [1.82, 2.24) is 0 Å². The molecule has 15 heteroatoms. The van der Waals surface area contributed by atoms with Crippen molar-refractivity contribution in [2.45, 2.75) is 61.9 Å². The molecule has 0 aromatic heterocycles. The third-order valence-corrected chi connectivity index (χ3v) is 5.56. The van der Waals surface area contributed by atoms with Crippen LogP contribution < -0.4 is 5.11 Å². The van der Waals surface area contributed by atoms with Crippen molar-refractivity contribution in [3.8, 4) is 11.5 Å². The van der Waals surface area contributed by atoms with Crippen LogP contribution in [-0.2, 0) is 17.4 Å². The maximum absolute atomic E-state index is 12.0. The Kier molecular flexibility index (Phi) is 11.9. The zero-order valence-electron chi connectivity index (χ0n) is 19.8. The summed E-state index contributed by atoms with van der Waals surface area (Å²) in [5.74, 6) is 0.484. The van der Waals surface area contributed by atoms with Crippen LogP contribution in [0.3, 0.4) is 0 Å². The van der Waals surface area contributed by atoms with Gasteiger partial charge in [0, 0.05) is 40.9 Å². The summed E-state index contributed by atoms with van der Waals surface area (Å²) in [6.07, 6.45) is -13.1. The van der Waals surface area contributed by atoms with E-state index < -0.39 is 24.1 Å². The standard InChI is InChI=1S/C20H22N2O2.C4F9O.Cr/c23-19-11-5-1-7-15(19)13-21-17-9-3-4-10-18(17)22-14-16-8-2-6-12-20(16)24;5-1(2(6,7)8,3(9,10)11)4(12,13)14;/h1-2,5-8,11-14,17-18,23-24H,3-4,9-10H2;;/q;-1;/t17-,18-;;/m1../s1. The number of para-hydroxylation sites is 2. The quantitative estimate of drug-likeness (QED) is 0.336. The molecule has 5 nitrogen and oxygen atoms in total. The molecular formula is C24H22CrF9N2O3-. The molecule has 2 aromatic carbocycles. The van der Waals surface area contributed by atoms with Gasteiger partial charge >= 0.3 is 18.0 Å². The zero-order chi connectivity index (χ0) is 28.8. The third kappa shape index (κ3) is 8.61. The van der Waals surface area contributed by atoms with Crippen LogP contribution in [0.4, 0.5) is 39.5 Å². The Morgan fingerprint density at radius 1 is 0.667 bits per heavy atom. The number of aromatic hydroxyl groups is 2. The molecule has 0 radical (unpaired) electrons. The molecule has 0 heterocycles. The van der Waals surface area contributed by atoms with Crippen molar-refractivity contribution in [2.24, 2.45) is 9.98 Å². The fraction of sp³-hybridized carbons (Fsp3) is 0.417. The Balaban J connectivity index is 0.000000439. The number of hydrogen-bond acceptors (Lipinski definition) is 5. The van der Waals surface area contributed by atoms with Crippen molar-refractivity contribution in [3.05, 3.63) is 59.7 Å². The van der Waals surface area contributed by atoms with E-state index in [0.717, 1.165) is 36.8 Å².